The highest BCUT2D eigenvalue weighted by atomic mass is 16.2. The van der Waals surface area contributed by atoms with Crippen molar-refractivity contribution in [3.63, 3.8) is 0 Å². The van der Waals surface area contributed by atoms with E-state index in [1.54, 1.807) is 0 Å². The molecular formula is C20H19NO2. The molecule has 3 heteroatoms. The fourth-order valence-corrected chi connectivity index (χ4v) is 3.85. The highest BCUT2D eigenvalue weighted by Crippen LogP contribution is 2.48. The van der Waals surface area contributed by atoms with E-state index >= 15 is 0 Å². The molecule has 2 aliphatic rings. The first kappa shape index (κ1) is 14.2. The Bertz CT molecular complexity index is 910. The Balaban J connectivity index is 1.96. The van der Waals surface area contributed by atoms with Crippen LogP contribution in [0.25, 0.3) is 0 Å². The van der Waals surface area contributed by atoms with Crippen LogP contribution in [0, 0.1) is 27.7 Å². The van der Waals surface area contributed by atoms with Crippen molar-refractivity contribution in [1.82, 2.24) is 0 Å². The predicted molar refractivity (Wildman–Crippen MR) is 90.2 cm³/mol. The Kier molecular flexibility index (Phi) is 2.66. The van der Waals surface area contributed by atoms with E-state index < -0.39 is 5.41 Å². The molecular weight excluding hydrogens is 286 g/mol. The standard InChI is InChI=1S/C20H19NO2/c1-10-5-14-9-20(18(22)15(14)6-11(10)2)16-7-12(3)13(4)8-17(16)21-19(20)23/h5-8H,9H2,1-4H3,(H,21,23)/t20-/m0/s1. The lowest BCUT2D eigenvalue weighted by Gasteiger charge is -2.19. The first-order valence-corrected chi connectivity index (χ1v) is 7.92. The van der Waals surface area contributed by atoms with E-state index in [-0.39, 0.29) is 11.7 Å². The van der Waals surface area contributed by atoms with Gasteiger partial charge in [-0.1, -0.05) is 12.1 Å². The molecule has 0 saturated carbocycles. The number of hydrogen-bond acceptors (Lipinski definition) is 2. The normalized spacial score (nSPS) is 21.6. The zero-order valence-electron chi connectivity index (χ0n) is 13.8. The fraction of sp³-hybridized carbons (Fsp3) is 0.300. The number of rotatable bonds is 0. The lowest BCUT2D eigenvalue weighted by Crippen LogP contribution is -2.40. The topological polar surface area (TPSA) is 46.2 Å². The molecule has 0 fully saturated rings. The molecule has 0 saturated heterocycles. The van der Waals surface area contributed by atoms with Crippen molar-refractivity contribution in [3.8, 4) is 0 Å². The van der Waals surface area contributed by atoms with Crippen molar-refractivity contribution < 1.29 is 9.59 Å². The van der Waals surface area contributed by atoms with Crippen LogP contribution < -0.4 is 5.32 Å². The van der Waals surface area contributed by atoms with Gasteiger partial charge in [-0.15, -0.1) is 0 Å². The molecule has 1 amide bonds. The number of carbonyl (C=O) groups excluding carboxylic acids is 2. The number of benzene rings is 2. The van der Waals surface area contributed by atoms with Gasteiger partial charge in [0, 0.05) is 11.3 Å². The van der Waals surface area contributed by atoms with Gasteiger partial charge >= 0.3 is 0 Å². The van der Waals surface area contributed by atoms with Gasteiger partial charge in [0.1, 0.15) is 5.41 Å². The Morgan fingerprint density at radius 2 is 1.48 bits per heavy atom. The SMILES string of the molecule is Cc1cc2c(cc1C)C(=O)[C@@]1(C2)C(=O)Nc2cc(C)c(C)cc21. The molecule has 2 aromatic rings. The van der Waals surface area contributed by atoms with Gasteiger partial charge in [0.2, 0.25) is 5.91 Å². The van der Waals surface area contributed by atoms with Gasteiger partial charge < -0.3 is 5.32 Å². The molecule has 1 heterocycles. The first-order valence-electron chi connectivity index (χ1n) is 7.92. The van der Waals surface area contributed by atoms with Crippen LogP contribution in [0.4, 0.5) is 5.69 Å². The Morgan fingerprint density at radius 1 is 0.870 bits per heavy atom. The number of nitrogens with one attached hydrogen (secondary N) is 1. The van der Waals surface area contributed by atoms with Crippen LogP contribution >= 0.6 is 0 Å². The fourth-order valence-electron chi connectivity index (χ4n) is 3.85. The molecule has 4 rings (SSSR count). The highest BCUT2D eigenvalue weighted by molar-refractivity contribution is 6.28. The summed E-state index contributed by atoms with van der Waals surface area (Å²) in [6.45, 7) is 8.09. The van der Waals surface area contributed by atoms with Crippen LogP contribution in [-0.2, 0) is 16.6 Å². The average molecular weight is 305 g/mol. The van der Waals surface area contributed by atoms with Gasteiger partial charge in [-0.05, 0) is 79.6 Å². The highest BCUT2D eigenvalue weighted by Gasteiger charge is 2.57. The van der Waals surface area contributed by atoms with E-state index in [1.165, 1.54) is 0 Å². The maximum absolute atomic E-state index is 13.2. The Hall–Kier alpha value is -2.42. The summed E-state index contributed by atoms with van der Waals surface area (Å²) in [6, 6.07) is 7.98. The molecule has 0 radical (unpaired) electrons. The number of anilines is 1. The van der Waals surface area contributed by atoms with Crippen LogP contribution in [0.2, 0.25) is 0 Å². The summed E-state index contributed by atoms with van der Waals surface area (Å²) >= 11 is 0. The van der Waals surface area contributed by atoms with E-state index in [1.807, 2.05) is 45.9 Å². The molecule has 0 bridgehead atoms. The van der Waals surface area contributed by atoms with Gasteiger partial charge in [-0.3, -0.25) is 9.59 Å². The third kappa shape index (κ3) is 1.65. The molecule has 23 heavy (non-hydrogen) atoms. The minimum absolute atomic E-state index is 0.0601. The largest absolute Gasteiger partial charge is 0.325 e. The van der Waals surface area contributed by atoms with Crippen molar-refractivity contribution in [2.75, 3.05) is 5.32 Å². The van der Waals surface area contributed by atoms with Crippen molar-refractivity contribution in [2.24, 2.45) is 0 Å². The van der Waals surface area contributed by atoms with Crippen molar-refractivity contribution in [3.05, 3.63) is 63.2 Å². The number of hydrogen-bond donors (Lipinski definition) is 1. The zero-order valence-corrected chi connectivity index (χ0v) is 13.8. The van der Waals surface area contributed by atoms with E-state index in [0.29, 0.717) is 12.0 Å². The first-order chi connectivity index (χ1) is 10.8. The van der Waals surface area contributed by atoms with Crippen LogP contribution in [0.15, 0.2) is 24.3 Å². The number of amides is 1. The Labute approximate surface area is 135 Å². The zero-order chi connectivity index (χ0) is 16.5. The summed E-state index contributed by atoms with van der Waals surface area (Å²) in [5.41, 5.74) is 6.71. The smallest absolute Gasteiger partial charge is 0.243 e. The quantitative estimate of drug-likeness (QED) is 0.757. The van der Waals surface area contributed by atoms with Crippen LogP contribution in [0.1, 0.15) is 43.7 Å². The summed E-state index contributed by atoms with van der Waals surface area (Å²) in [6.07, 6.45) is 0.462. The van der Waals surface area contributed by atoms with Crippen molar-refractivity contribution >= 4 is 17.4 Å². The summed E-state index contributed by atoms with van der Waals surface area (Å²) in [5.74, 6) is -0.246. The molecule has 116 valence electrons. The monoisotopic (exact) mass is 305 g/mol. The summed E-state index contributed by atoms with van der Waals surface area (Å²) in [5, 5.41) is 2.93. The number of aryl methyl sites for hydroxylation is 4. The second-order valence-electron chi connectivity index (χ2n) is 6.94. The molecule has 1 aliphatic carbocycles. The summed E-state index contributed by atoms with van der Waals surface area (Å²) in [4.78, 5) is 26.0. The minimum Gasteiger partial charge on any atom is -0.325 e. The van der Waals surface area contributed by atoms with Crippen LogP contribution in [0.5, 0.6) is 0 Å². The second kappa shape index (κ2) is 4.31. The van der Waals surface area contributed by atoms with Crippen molar-refractivity contribution in [1.29, 1.82) is 0 Å². The lowest BCUT2D eigenvalue weighted by molar-refractivity contribution is -0.119. The van der Waals surface area contributed by atoms with Gasteiger partial charge in [-0.25, -0.2) is 0 Å². The number of Topliss-reactive ketones (excluding diaryl/α,β-unsaturated/α-hetero) is 1. The van der Waals surface area contributed by atoms with E-state index in [2.05, 4.69) is 11.4 Å². The van der Waals surface area contributed by atoms with E-state index in [9.17, 15) is 9.59 Å². The summed E-state index contributed by atoms with van der Waals surface area (Å²) < 4.78 is 0. The third-order valence-corrected chi connectivity index (χ3v) is 5.54. The number of fused-ring (bicyclic) bond motifs is 3. The van der Waals surface area contributed by atoms with Gasteiger partial charge in [0.15, 0.2) is 5.78 Å². The van der Waals surface area contributed by atoms with Gasteiger partial charge in [0.05, 0.1) is 0 Å². The van der Waals surface area contributed by atoms with Crippen LogP contribution in [0.3, 0.4) is 0 Å². The maximum Gasteiger partial charge on any atom is 0.243 e. The minimum atomic E-state index is -1.07. The molecule has 1 N–H and O–H groups in total. The van der Waals surface area contributed by atoms with Gasteiger partial charge in [-0.2, -0.15) is 0 Å². The molecule has 0 unspecified atom stereocenters. The molecule has 1 spiro atoms. The molecule has 3 nitrogen and oxygen atoms in total. The van der Waals surface area contributed by atoms with E-state index in [4.69, 9.17) is 0 Å². The summed E-state index contributed by atoms with van der Waals surface area (Å²) in [7, 11) is 0. The number of carbonyl (C=O) groups is 2. The average Bonchev–Trinajstić information content (AvgIpc) is 2.91. The van der Waals surface area contributed by atoms with Crippen molar-refractivity contribution in [2.45, 2.75) is 39.5 Å². The maximum atomic E-state index is 13.2. The molecule has 1 aliphatic heterocycles. The predicted octanol–water partition coefficient (Wildman–Crippen LogP) is 3.55. The van der Waals surface area contributed by atoms with Gasteiger partial charge in [0.25, 0.3) is 0 Å². The molecule has 1 atom stereocenters. The molecule has 0 aromatic heterocycles. The third-order valence-electron chi connectivity index (χ3n) is 5.54. The number of ketones is 1. The Morgan fingerprint density at radius 3 is 2.22 bits per heavy atom. The van der Waals surface area contributed by atoms with Crippen LogP contribution in [-0.4, -0.2) is 11.7 Å². The molecule has 2 aromatic carbocycles. The second-order valence-corrected chi connectivity index (χ2v) is 6.94. The van der Waals surface area contributed by atoms with E-state index in [0.717, 1.165) is 39.1 Å². The lowest BCUT2D eigenvalue weighted by atomic mass is 9.77.